The number of carbonyl (C=O) groups excluding carboxylic acids is 2. The second kappa shape index (κ2) is 7.72. The van der Waals surface area contributed by atoms with Gasteiger partial charge in [0.05, 0.1) is 5.54 Å². The van der Waals surface area contributed by atoms with Crippen LogP contribution in [0.2, 0.25) is 0 Å². The molecule has 3 N–H and O–H groups in total. The number of carboxylic acid groups (broad SMARTS) is 1. The highest BCUT2D eigenvalue weighted by Gasteiger charge is 2.60. The standard InChI is InChI=1S/C21H26F3N3O4/c1-19(2,3)20(10-6-7-11-27(20)18(30)31)14-12-8-4-5-9-13(12)25-16(28)15(14)26-17(29)21(22,23)24/h4-5,8-9,14-15H,6-7,10-11H2,1-3H3,(H,25,28)(H,26,29)(H,30,31). The fourth-order valence-corrected chi connectivity index (χ4v) is 5.16. The van der Waals surface area contributed by atoms with Crippen molar-refractivity contribution in [3.63, 3.8) is 0 Å². The molecule has 3 rings (SSSR count). The normalized spacial score (nSPS) is 26.6. The number of amides is 3. The Balaban J connectivity index is 2.27. The van der Waals surface area contributed by atoms with Crippen LogP contribution in [0.3, 0.4) is 0 Å². The molecule has 2 aliphatic heterocycles. The van der Waals surface area contributed by atoms with Gasteiger partial charge in [-0.15, -0.1) is 0 Å². The van der Waals surface area contributed by atoms with Gasteiger partial charge in [0, 0.05) is 18.2 Å². The summed E-state index contributed by atoms with van der Waals surface area (Å²) in [6.07, 6.45) is -4.81. The summed E-state index contributed by atoms with van der Waals surface area (Å²) in [6.45, 7) is 5.62. The van der Waals surface area contributed by atoms with Crippen LogP contribution in [0.5, 0.6) is 0 Å². The first-order valence-electron chi connectivity index (χ1n) is 10.1. The maximum atomic E-state index is 13.1. The van der Waals surface area contributed by atoms with Crippen LogP contribution in [-0.2, 0) is 9.59 Å². The molecule has 1 aromatic carbocycles. The average molecular weight is 441 g/mol. The number of hydrogen-bond acceptors (Lipinski definition) is 3. The van der Waals surface area contributed by atoms with Crippen LogP contribution in [-0.4, -0.2) is 52.2 Å². The second-order valence-electron chi connectivity index (χ2n) is 9.07. The number of piperidine rings is 1. The molecule has 0 radical (unpaired) electrons. The zero-order valence-corrected chi connectivity index (χ0v) is 17.5. The van der Waals surface area contributed by atoms with Crippen LogP contribution in [0.25, 0.3) is 0 Å². The second-order valence-corrected chi connectivity index (χ2v) is 9.07. The number of likely N-dealkylation sites (tertiary alicyclic amines) is 1. The topological polar surface area (TPSA) is 98.7 Å². The molecule has 0 bridgehead atoms. The largest absolute Gasteiger partial charge is 0.471 e. The number of nitrogens with zero attached hydrogens (tertiary/aromatic N) is 1. The van der Waals surface area contributed by atoms with Crippen LogP contribution in [0.1, 0.15) is 51.5 Å². The van der Waals surface area contributed by atoms with Gasteiger partial charge in [0.15, 0.2) is 0 Å². The van der Waals surface area contributed by atoms with Crippen molar-refractivity contribution in [1.29, 1.82) is 0 Å². The fraction of sp³-hybridized carbons (Fsp3) is 0.571. The molecule has 10 heteroatoms. The summed E-state index contributed by atoms with van der Waals surface area (Å²) in [5, 5.41) is 14.5. The van der Waals surface area contributed by atoms with E-state index in [-0.39, 0.29) is 6.54 Å². The quantitative estimate of drug-likeness (QED) is 0.652. The molecule has 0 aliphatic carbocycles. The van der Waals surface area contributed by atoms with Crippen molar-refractivity contribution >= 4 is 23.6 Å². The van der Waals surface area contributed by atoms with E-state index < -0.39 is 47.0 Å². The number of anilines is 1. The Bertz CT molecular complexity index is 897. The molecule has 3 atom stereocenters. The van der Waals surface area contributed by atoms with Crippen molar-refractivity contribution in [2.75, 3.05) is 11.9 Å². The first-order valence-corrected chi connectivity index (χ1v) is 10.1. The predicted molar refractivity (Wildman–Crippen MR) is 107 cm³/mol. The molecule has 31 heavy (non-hydrogen) atoms. The highest BCUT2D eigenvalue weighted by atomic mass is 19.4. The molecule has 170 valence electrons. The molecule has 0 saturated carbocycles. The van der Waals surface area contributed by atoms with Crippen molar-refractivity contribution < 1.29 is 32.7 Å². The maximum Gasteiger partial charge on any atom is 0.471 e. The van der Waals surface area contributed by atoms with Crippen molar-refractivity contribution in [3.8, 4) is 0 Å². The minimum Gasteiger partial charge on any atom is -0.465 e. The van der Waals surface area contributed by atoms with Gasteiger partial charge < -0.3 is 20.6 Å². The number of nitrogens with one attached hydrogen (secondary N) is 2. The van der Waals surface area contributed by atoms with Gasteiger partial charge in [-0.1, -0.05) is 39.0 Å². The minimum atomic E-state index is -5.18. The summed E-state index contributed by atoms with van der Waals surface area (Å²) in [4.78, 5) is 38.4. The molecule has 1 fully saturated rings. The third-order valence-electron chi connectivity index (χ3n) is 6.43. The zero-order valence-electron chi connectivity index (χ0n) is 17.5. The van der Waals surface area contributed by atoms with Gasteiger partial charge in [0.25, 0.3) is 0 Å². The summed E-state index contributed by atoms with van der Waals surface area (Å²) >= 11 is 0. The molecule has 1 saturated heterocycles. The molecular formula is C21H26F3N3O4. The predicted octanol–water partition coefficient (Wildman–Crippen LogP) is 3.72. The number of halogens is 3. The smallest absolute Gasteiger partial charge is 0.465 e. The molecule has 2 heterocycles. The molecule has 0 spiro atoms. The van der Waals surface area contributed by atoms with E-state index in [1.165, 1.54) is 4.90 Å². The number of hydrogen-bond donors (Lipinski definition) is 3. The van der Waals surface area contributed by atoms with Crippen molar-refractivity contribution in [1.82, 2.24) is 10.2 Å². The summed E-state index contributed by atoms with van der Waals surface area (Å²) in [6, 6.07) is 5.03. The lowest BCUT2D eigenvalue weighted by Crippen LogP contribution is -2.70. The van der Waals surface area contributed by atoms with Crippen LogP contribution in [0, 0.1) is 5.41 Å². The Morgan fingerprint density at radius 2 is 1.84 bits per heavy atom. The van der Waals surface area contributed by atoms with Crippen LogP contribution < -0.4 is 10.6 Å². The van der Waals surface area contributed by atoms with E-state index in [9.17, 15) is 32.7 Å². The van der Waals surface area contributed by atoms with Crippen LogP contribution >= 0.6 is 0 Å². The third-order valence-corrected chi connectivity index (χ3v) is 6.43. The van der Waals surface area contributed by atoms with Gasteiger partial charge in [-0.05, 0) is 36.3 Å². The maximum absolute atomic E-state index is 13.1. The number of carbonyl (C=O) groups is 3. The van der Waals surface area contributed by atoms with E-state index in [1.807, 2.05) is 26.1 Å². The van der Waals surface area contributed by atoms with Gasteiger partial charge in [-0.3, -0.25) is 9.59 Å². The number of benzene rings is 1. The number of para-hydroxylation sites is 1. The Kier molecular flexibility index (Phi) is 5.70. The average Bonchev–Trinajstić information content (AvgIpc) is 2.66. The summed E-state index contributed by atoms with van der Waals surface area (Å²) in [7, 11) is 0. The Labute approximate surface area is 178 Å². The van der Waals surface area contributed by atoms with Crippen molar-refractivity contribution in [2.24, 2.45) is 5.41 Å². The Morgan fingerprint density at radius 3 is 2.42 bits per heavy atom. The molecule has 3 unspecified atom stereocenters. The summed E-state index contributed by atoms with van der Waals surface area (Å²) in [5.74, 6) is -4.06. The van der Waals surface area contributed by atoms with Crippen LogP contribution in [0.15, 0.2) is 24.3 Å². The van der Waals surface area contributed by atoms with Crippen LogP contribution in [0.4, 0.5) is 23.7 Å². The highest BCUT2D eigenvalue weighted by Crippen LogP contribution is 2.55. The minimum absolute atomic E-state index is 0.187. The van der Waals surface area contributed by atoms with E-state index in [2.05, 4.69) is 5.32 Å². The van der Waals surface area contributed by atoms with E-state index in [0.29, 0.717) is 30.5 Å². The first kappa shape index (κ1) is 22.9. The molecule has 3 amide bonds. The summed E-state index contributed by atoms with van der Waals surface area (Å²) in [5.41, 5.74) is -1.09. The zero-order chi connectivity index (χ0) is 23.2. The Morgan fingerprint density at radius 1 is 1.19 bits per heavy atom. The summed E-state index contributed by atoms with van der Waals surface area (Å²) < 4.78 is 39.2. The lowest BCUT2D eigenvalue weighted by molar-refractivity contribution is -0.175. The molecular weight excluding hydrogens is 415 g/mol. The fourth-order valence-electron chi connectivity index (χ4n) is 5.16. The van der Waals surface area contributed by atoms with Gasteiger partial charge in [-0.25, -0.2) is 4.79 Å². The van der Waals surface area contributed by atoms with Crippen molar-refractivity contribution in [3.05, 3.63) is 29.8 Å². The monoisotopic (exact) mass is 441 g/mol. The number of rotatable bonds is 2. The van der Waals surface area contributed by atoms with Gasteiger partial charge in [-0.2, -0.15) is 13.2 Å². The molecule has 0 aromatic heterocycles. The van der Waals surface area contributed by atoms with E-state index in [4.69, 9.17) is 0 Å². The molecule has 2 aliphatic rings. The lowest BCUT2D eigenvalue weighted by atomic mass is 9.57. The van der Waals surface area contributed by atoms with E-state index in [0.717, 1.165) is 0 Å². The lowest BCUT2D eigenvalue weighted by Gasteiger charge is -2.59. The van der Waals surface area contributed by atoms with E-state index >= 15 is 0 Å². The van der Waals surface area contributed by atoms with Gasteiger partial charge in [0.1, 0.15) is 6.04 Å². The highest BCUT2D eigenvalue weighted by molar-refractivity contribution is 6.01. The molecule has 7 nitrogen and oxygen atoms in total. The SMILES string of the molecule is CC(C)(C)C1(C2c3ccccc3NC(=O)C2NC(=O)C(F)(F)F)CCCCN1C(=O)O. The van der Waals surface area contributed by atoms with Gasteiger partial charge in [0.2, 0.25) is 5.91 Å². The van der Waals surface area contributed by atoms with E-state index in [1.54, 1.807) is 24.3 Å². The number of alkyl halides is 3. The third kappa shape index (κ3) is 3.83. The Hall–Kier alpha value is -2.78. The van der Waals surface area contributed by atoms with Gasteiger partial charge >= 0.3 is 18.2 Å². The van der Waals surface area contributed by atoms with Crippen molar-refractivity contribution in [2.45, 2.75) is 63.7 Å². The first-order chi connectivity index (χ1) is 14.3. The number of fused-ring (bicyclic) bond motifs is 1. The molecule has 1 aromatic rings.